The van der Waals surface area contributed by atoms with E-state index in [0.717, 1.165) is 49.8 Å². The smallest absolute Gasteiger partial charge is 0.220 e. The van der Waals surface area contributed by atoms with Crippen molar-refractivity contribution in [1.82, 2.24) is 30.0 Å². The molecule has 0 saturated heterocycles. The van der Waals surface area contributed by atoms with Crippen molar-refractivity contribution in [2.45, 2.75) is 46.2 Å². The summed E-state index contributed by atoms with van der Waals surface area (Å²) >= 11 is 0. The molecular weight excluding hydrogens is 340 g/mol. The number of amides is 1. The van der Waals surface area contributed by atoms with Gasteiger partial charge in [-0.05, 0) is 31.9 Å². The second-order valence-electron chi connectivity index (χ2n) is 6.98. The molecule has 2 aromatic heterocycles. The van der Waals surface area contributed by atoms with Gasteiger partial charge in [0.1, 0.15) is 5.82 Å². The molecule has 0 fully saturated rings. The highest BCUT2D eigenvalue weighted by Crippen LogP contribution is 2.11. The molecule has 3 rings (SSSR count). The number of aryl methyl sites for hydroxylation is 1. The number of hydrogen-bond donors (Lipinski definition) is 1. The third kappa shape index (κ3) is 5.47. The molecule has 1 N–H and O–H groups in total. The van der Waals surface area contributed by atoms with Crippen LogP contribution in [-0.4, -0.2) is 50.2 Å². The summed E-state index contributed by atoms with van der Waals surface area (Å²) in [7, 11) is 0. The van der Waals surface area contributed by atoms with Gasteiger partial charge in [-0.15, -0.1) is 10.2 Å². The van der Waals surface area contributed by atoms with Crippen LogP contribution >= 0.6 is 0 Å². The summed E-state index contributed by atoms with van der Waals surface area (Å²) in [6, 6.07) is 3.87. The fourth-order valence-corrected chi connectivity index (χ4v) is 3.23. The number of nitrogens with one attached hydrogen (secondary N) is 1. The maximum absolute atomic E-state index is 12.2. The number of hydrogen-bond acceptors (Lipinski definition) is 5. The molecule has 1 aliphatic heterocycles. The van der Waals surface area contributed by atoms with E-state index in [1.807, 2.05) is 12.1 Å². The van der Waals surface area contributed by atoms with E-state index in [4.69, 9.17) is 0 Å². The van der Waals surface area contributed by atoms with Crippen molar-refractivity contribution < 1.29 is 4.79 Å². The molecule has 0 aromatic carbocycles. The van der Waals surface area contributed by atoms with Crippen LogP contribution in [0, 0.1) is 0 Å². The molecular formula is C20H28N6O. The Bertz CT molecular complexity index is 783. The number of rotatable bonds is 7. The average molecular weight is 368 g/mol. The Labute approximate surface area is 160 Å². The highest BCUT2D eigenvalue weighted by atomic mass is 16.1. The van der Waals surface area contributed by atoms with Crippen molar-refractivity contribution in [3.8, 4) is 0 Å². The number of allylic oxidation sites excluding steroid dienone is 1. The lowest BCUT2D eigenvalue weighted by Crippen LogP contribution is -2.29. The first-order chi connectivity index (χ1) is 13.2. The Morgan fingerprint density at radius 2 is 2.19 bits per heavy atom. The molecule has 1 amide bonds. The van der Waals surface area contributed by atoms with Gasteiger partial charge in [-0.2, -0.15) is 0 Å². The van der Waals surface area contributed by atoms with Crippen LogP contribution in [0.3, 0.4) is 0 Å². The minimum atomic E-state index is 0.0233. The van der Waals surface area contributed by atoms with Crippen LogP contribution in [0.15, 0.2) is 36.2 Å². The number of carbonyl (C=O) groups is 1. The Kier molecular flexibility index (Phi) is 6.70. The van der Waals surface area contributed by atoms with E-state index in [-0.39, 0.29) is 5.91 Å². The van der Waals surface area contributed by atoms with Gasteiger partial charge in [-0.25, -0.2) is 0 Å². The van der Waals surface area contributed by atoms with Crippen molar-refractivity contribution in [3.05, 3.63) is 53.4 Å². The SMILES string of the molecule is C/C=C(\C)CN1CCc2nnc(CNC(=O)CCc3cccnc3)n2CC1. The molecule has 144 valence electrons. The van der Waals surface area contributed by atoms with Crippen molar-refractivity contribution in [3.63, 3.8) is 0 Å². The van der Waals surface area contributed by atoms with Gasteiger partial charge in [0.2, 0.25) is 5.91 Å². The largest absolute Gasteiger partial charge is 0.349 e. The van der Waals surface area contributed by atoms with Gasteiger partial charge in [0.05, 0.1) is 6.54 Å². The van der Waals surface area contributed by atoms with Gasteiger partial charge in [-0.1, -0.05) is 17.7 Å². The van der Waals surface area contributed by atoms with Crippen molar-refractivity contribution >= 4 is 5.91 Å². The monoisotopic (exact) mass is 368 g/mol. The standard InChI is InChI=1S/C20H28N6O/c1-3-16(2)15-25-10-8-18-23-24-19(26(18)12-11-25)14-22-20(27)7-6-17-5-4-9-21-13-17/h3-5,9,13H,6-8,10-12,14-15H2,1-2H3,(H,22,27)/b16-3+. The van der Waals surface area contributed by atoms with Crippen LogP contribution in [-0.2, 0) is 30.7 Å². The first-order valence-corrected chi connectivity index (χ1v) is 9.56. The van der Waals surface area contributed by atoms with Crippen molar-refractivity contribution in [2.75, 3.05) is 19.6 Å². The second-order valence-corrected chi connectivity index (χ2v) is 6.98. The summed E-state index contributed by atoms with van der Waals surface area (Å²) < 4.78 is 2.16. The molecule has 0 saturated carbocycles. The molecule has 1 aliphatic rings. The Morgan fingerprint density at radius 3 is 2.96 bits per heavy atom. The molecule has 7 nitrogen and oxygen atoms in total. The predicted octanol–water partition coefficient (Wildman–Crippen LogP) is 1.75. The third-order valence-electron chi connectivity index (χ3n) is 4.97. The Balaban J connectivity index is 1.50. The Morgan fingerprint density at radius 1 is 1.30 bits per heavy atom. The maximum Gasteiger partial charge on any atom is 0.220 e. The zero-order chi connectivity index (χ0) is 19.1. The molecule has 2 aromatic rings. The maximum atomic E-state index is 12.2. The molecule has 0 bridgehead atoms. The van der Waals surface area contributed by atoms with Crippen LogP contribution in [0.25, 0.3) is 0 Å². The first-order valence-electron chi connectivity index (χ1n) is 9.56. The fraction of sp³-hybridized carbons (Fsp3) is 0.500. The molecule has 0 atom stereocenters. The zero-order valence-electron chi connectivity index (χ0n) is 16.2. The highest BCUT2D eigenvalue weighted by molar-refractivity contribution is 5.76. The summed E-state index contributed by atoms with van der Waals surface area (Å²) in [6.07, 6.45) is 7.73. The fourth-order valence-electron chi connectivity index (χ4n) is 3.23. The molecule has 0 unspecified atom stereocenters. The van der Waals surface area contributed by atoms with E-state index in [9.17, 15) is 4.79 Å². The van der Waals surface area contributed by atoms with Gasteiger partial charge in [-0.3, -0.25) is 14.7 Å². The van der Waals surface area contributed by atoms with E-state index in [1.54, 1.807) is 12.4 Å². The predicted molar refractivity (Wildman–Crippen MR) is 104 cm³/mol. The lowest BCUT2D eigenvalue weighted by molar-refractivity contribution is -0.121. The van der Waals surface area contributed by atoms with Crippen LogP contribution in [0.1, 0.15) is 37.5 Å². The van der Waals surface area contributed by atoms with Crippen LogP contribution in [0.2, 0.25) is 0 Å². The van der Waals surface area contributed by atoms with Crippen LogP contribution in [0.4, 0.5) is 0 Å². The number of nitrogens with zero attached hydrogens (tertiary/aromatic N) is 5. The van der Waals surface area contributed by atoms with E-state index in [1.165, 1.54) is 5.57 Å². The summed E-state index contributed by atoms with van der Waals surface area (Å²) in [5.74, 6) is 1.87. The minimum absolute atomic E-state index is 0.0233. The quantitative estimate of drug-likeness (QED) is 0.754. The van der Waals surface area contributed by atoms with E-state index < -0.39 is 0 Å². The first kappa shape index (κ1) is 19.2. The summed E-state index contributed by atoms with van der Waals surface area (Å²) in [6.45, 7) is 8.48. The number of carbonyl (C=O) groups excluding carboxylic acids is 1. The molecule has 0 aliphatic carbocycles. The molecule has 27 heavy (non-hydrogen) atoms. The lowest BCUT2D eigenvalue weighted by Gasteiger charge is -2.19. The topological polar surface area (TPSA) is 75.9 Å². The summed E-state index contributed by atoms with van der Waals surface area (Å²) in [5, 5.41) is 11.6. The third-order valence-corrected chi connectivity index (χ3v) is 4.97. The van der Waals surface area contributed by atoms with Crippen molar-refractivity contribution in [1.29, 1.82) is 0 Å². The van der Waals surface area contributed by atoms with Gasteiger partial charge < -0.3 is 9.88 Å². The minimum Gasteiger partial charge on any atom is -0.349 e. The highest BCUT2D eigenvalue weighted by Gasteiger charge is 2.18. The van der Waals surface area contributed by atoms with Crippen LogP contribution < -0.4 is 5.32 Å². The lowest BCUT2D eigenvalue weighted by atomic mass is 10.1. The van der Waals surface area contributed by atoms with Gasteiger partial charge >= 0.3 is 0 Å². The normalized spacial score (nSPS) is 15.3. The van der Waals surface area contributed by atoms with Gasteiger partial charge in [0, 0.05) is 51.4 Å². The average Bonchev–Trinajstić information content (AvgIpc) is 2.98. The molecule has 0 radical (unpaired) electrons. The van der Waals surface area contributed by atoms with E-state index in [0.29, 0.717) is 19.4 Å². The Hall–Kier alpha value is -2.54. The summed E-state index contributed by atoms with van der Waals surface area (Å²) in [4.78, 5) is 18.7. The number of aromatic nitrogens is 4. The van der Waals surface area contributed by atoms with Gasteiger partial charge in [0.15, 0.2) is 5.82 Å². The van der Waals surface area contributed by atoms with E-state index >= 15 is 0 Å². The van der Waals surface area contributed by atoms with Crippen molar-refractivity contribution in [2.24, 2.45) is 0 Å². The molecule has 0 spiro atoms. The number of pyridine rings is 1. The van der Waals surface area contributed by atoms with Gasteiger partial charge in [0.25, 0.3) is 0 Å². The summed E-state index contributed by atoms with van der Waals surface area (Å²) in [5.41, 5.74) is 2.45. The van der Waals surface area contributed by atoms with Crippen LogP contribution in [0.5, 0.6) is 0 Å². The zero-order valence-corrected chi connectivity index (χ0v) is 16.2. The van der Waals surface area contributed by atoms with E-state index in [2.05, 4.69) is 49.9 Å². The second kappa shape index (κ2) is 9.41. The molecule has 7 heteroatoms. The number of fused-ring (bicyclic) bond motifs is 1. The molecule has 3 heterocycles.